The van der Waals surface area contributed by atoms with Crippen LogP contribution in [0.15, 0.2) is 64.1 Å². The molecule has 3 aromatic rings. The fourth-order valence-electron chi connectivity index (χ4n) is 2.53. The molecule has 0 radical (unpaired) electrons. The van der Waals surface area contributed by atoms with Gasteiger partial charge in [0.05, 0.1) is 24.3 Å². The second-order valence-electron chi connectivity index (χ2n) is 5.87. The second-order valence-corrected chi connectivity index (χ2v) is 6.79. The van der Waals surface area contributed by atoms with Crippen LogP contribution in [0.4, 0.5) is 10.1 Å². The Morgan fingerprint density at radius 3 is 2.61 bits per heavy atom. The van der Waals surface area contributed by atoms with E-state index in [0.29, 0.717) is 16.8 Å². The molecular formula is C20H17BrFN3O3. The molecule has 28 heavy (non-hydrogen) atoms. The molecule has 2 aromatic carbocycles. The molecule has 0 bridgehead atoms. The predicted molar refractivity (Wildman–Crippen MR) is 108 cm³/mol. The van der Waals surface area contributed by atoms with E-state index >= 15 is 0 Å². The zero-order chi connectivity index (χ0) is 20.1. The van der Waals surface area contributed by atoms with Crippen molar-refractivity contribution < 1.29 is 13.9 Å². The van der Waals surface area contributed by atoms with E-state index in [-0.39, 0.29) is 17.8 Å². The van der Waals surface area contributed by atoms with Gasteiger partial charge in [0.15, 0.2) is 0 Å². The summed E-state index contributed by atoms with van der Waals surface area (Å²) in [6.07, 6.45) is 1.30. The standard InChI is InChI=1S/C20H17BrFN3O3/c1-2-28-15-6-3-13(4-7-15)18-10-20(27)25(12-23-18)11-19(26)24-17-8-5-14(21)9-16(17)22/h3-10,12H,2,11H2,1H3,(H,24,26). The summed E-state index contributed by atoms with van der Waals surface area (Å²) in [5.74, 6) is -0.366. The predicted octanol–water partition coefficient (Wildman–Crippen LogP) is 3.85. The maximum Gasteiger partial charge on any atom is 0.254 e. The maximum atomic E-state index is 13.8. The average molecular weight is 446 g/mol. The topological polar surface area (TPSA) is 73.2 Å². The number of carbonyl (C=O) groups excluding carboxylic acids is 1. The number of rotatable bonds is 6. The Balaban J connectivity index is 1.71. The monoisotopic (exact) mass is 445 g/mol. The molecule has 0 aliphatic carbocycles. The highest BCUT2D eigenvalue weighted by molar-refractivity contribution is 9.10. The Morgan fingerprint density at radius 2 is 1.96 bits per heavy atom. The van der Waals surface area contributed by atoms with Gasteiger partial charge in [0.25, 0.3) is 5.56 Å². The van der Waals surface area contributed by atoms with Crippen molar-refractivity contribution in [3.8, 4) is 17.0 Å². The van der Waals surface area contributed by atoms with Crippen LogP contribution in [-0.4, -0.2) is 22.1 Å². The Kier molecular flexibility index (Phi) is 6.20. The number of hydrogen-bond acceptors (Lipinski definition) is 4. The van der Waals surface area contributed by atoms with Gasteiger partial charge >= 0.3 is 0 Å². The summed E-state index contributed by atoms with van der Waals surface area (Å²) in [6, 6.07) is 12.8. The number of ether oxygens (including phenoxy) is 1. The number of nitrogens with one attached hydrogen (secondary N) is 1. The molecular weight excluding hydrogens is 429 g/mol. The smallest absolute Gasteiger partial charge is 0.254 e. The molecule has 0 aliphatic heterocycles. The highest BCUT2D eigenvalue weighted by atomic mass is 79.9. The van der Waals surface area contributed by atoms with Crippen molar-refractivity contribution in [2.75, 3.05) is 11.9 Å². The number of carbonyl (C=O) groups is 1. The lowest BCUT2D eigenvalue weighted by Gasteiger charge is -2.09. The highest BCUT2D eigenvalue weighted by Gasteiger charge is 2.10. The third kappa shape index (κ3) is 4.83. The molecule has 6 nitrogen and oxygen atoms in total. The van der Waals surface area contributed by atoms with Gasteiger partial charge in [-0.15, -0.1) is 0 Å². The SMILES string of the molecule is CCOc1ccc(-c2cc(=O)n(CC(=O)Nc3ccc(Br)cc3F)cn2)cc1. The van der Waals surface area contributed by atoms with Gasteiger partial charge < -0.3 is 10.1 Å². The molecule has 1 N–H and O–H groups in total. The summed E-state index contributed by atoms with van der Waals surface area (Å²) in [6.45, 7) is 2.20. The van der Waals surface area contributed by atoms with Crippen LogP contribution < -0.4 is 15.6 Å². The third-order valence-electron chi connectivity index (χ3n) is 3.86. The van der Waals surface area contributed by atoms with Gasteiger partial charge in [0.2, 0.25) is 5.91 Å². The second kappa shape index (κ2) is 8.79. The fraction of sp³-hybridized carbons (Fsp3) is 0.150. The number of anilines is 1. The van der Waals surface area contributed by atoms with Gasteiger partial charge in [-0.25, -0.2) is 9.37 Å². The van der Waals surface area contributed by atoms with Crippen LogP contribution in [0.3, 0.4) is 0 Å². The van der Waals surface area contributed by atoms with Crippen molar-refractivity contribution in [3.05, 3.63) is 75.5 Å². The first-order chi connectivity index (χ1) is 13.5. The van der Waals surface area contributed by atoms with E-state index in [4.69, 9.17) is 4.74 Å². The number of amides is 1. The Labute approximate surface area is 169 Å². The maximum absolute atomic E-state index is 13.8. The van der Waals surface area contributed by atoms with E-state index in [0.717, 1.165) is 15.9 Å². The summed E-state index contributed by atoms with van der Waals surface area (Å²) < 4.78 is 20.9. The van der Waals surface area contributed by atoms with Crippen LogP contribution in [0, 0.1) is 5.82 Å². The van der Waals surface area contributed by atoms with Crippen LogP contribution >= 0.6 is 15.9 Å². The molecule has 0 unspecified atom stereocenters. The third-order valence-corrected chi connectivity index (χ3v) is 4.35. The number of aromatic nitrogens is 2. The Bertz CT molecular complexity index is 1050. The Hall–Kier alpha value is -3.00. The largest absolute Gasteiger partial charge is 0.494 e. The number of nitrogens with zero attached hydrogens (tertiary/aromatic N) is 2. The molecule has 1 heterocycles. The van der Waals surface area contributed by atoms with Crippen molar-refractivity contribution in [1.82, 2.24) is 9.55 Å². The van der Waals surface area contributed by atoms with E-state index in [9.17, 15) is 14.0 Å². The van der Waals surface area contributed by atoms with Crippen LogP contribution in [0.25, 0.3) is 11.3 Å². The minimum atomic E-state index is -0.570. The summed E-state index contributed by atoms with van der Waals surface area (Å²) >= 11 is 3.15. The quantitative estimate of drug-likeness (QED) is 0.625. The summed E-state index contributed by atoms with van der Waals surface area (Å²) in [5.41, 5.74) is 0.906. The van der Waals surface area contributed by atoms with Crippen molar-refractivity contribution in [2.45, 2.75) is 13.5 Å². The van der Waals surface area contributed by atoms with Crippen LogP contribution in [0.2, 0.25) is 0 Å². The highest BCUT2D eigenvalue weighted by Crippen LogP contribution is 2.20. The zero-order valence-electron chi connectivity index (χ0n) is 15.0. The molecule has 0 saturated heterocycles. The Morgan fingerprint density at radius 1 is 1.21 bits per heavy atom. The fourth-order valence-corrected chi connectivity index (χ4v) is 2.86. The number of halogens is 2. The normalized spacial score (nSPS) is 10.5. The lowest BCUT2D eigenvalue weighted by atomic mass is 10.1. The number of benzene rings is 2. The van der Waals surface area contributed by atoms with Gasteiger partial charge in [0, 0.05) is 16.1 Å². The van der Waals surface area contributed by atoms with E-state index in [1.165, 1.54) is 24.5 Å². The average Bonchev–Trinajstić information content (AvgIpc) is 2.67. The van der Waals surface area contributed by atoms with Crippen molar-refractivity contribution in [3.63, 3.8) is 0 Å². The summed E-state index contributed by atoms with van der Waals surface area (Å²) in [7, 11) is 0. The first-order valence-corrected chi connectivity index (χ1v) is 9.30. The van der Waals surface area contributed by atoms with Crippen LogP contribution in [0.5, 0.6) is 5.75 Å². The molecule has 0 spiro atoms. The molecule has 0 atom stereocenters. The van der Waals surface area contributed by atoms with Gasteiger partial charge in [-0.2, -0.15) is 0 Å². The van der Waals surface area contributed by atoms with Crippen LogP contribution in [-0.2, 0) is 11.3 Å². The first-order valence-electron chi connectivity index (χ1n) is 8.51. The van der Waals surface area contributed by atoms with E-state index in [1.807, 2.05) is 6.92 Å². The summed E-state index contributed by atoms with van der Waals surface area (Å²) in [5, 5.41) is 2.44. The molecule has 0 saturated carbocycles. The van der Waals surface area contributed by atoms with Crippen molar-refractivity contribution in [1.29, 1.82) is 0 Å². The van der Waals surface area contributed by atoms with Gasteiger partial charge in [-0.05, 0) is 49.4 Å². The first kappa shape index (κ1) is 19.8. The lowest BCUT2D eigenvalue weighted by Crippen LogP contribution is -2.27. The van der Waals surface area contributed by atoms with E-state index < -0.39 is 11.7 Å². The number of hydrogen-bond donors (Lipinski definition) is 1. The molecule has 3 rings (SSSR count). The summed E-state index contributed by atoms with van der Waals surface area (Å²) in [4.78, 5) is 28.7. The zero-order valence-corrected chi connectivity index (χ0v) is 16.6. The van der Waals surface area contributed by atoms with Gasteiger partial charge in [-0.1, -0.05) is 15.9 Å². The van der Waals surface area contributed by atoms with Crippen molar-refractivity contribution >= 4 is 27.5 Å². The van der Waals surface area contributed by atoms with Gasteiger partial charge in [-0.3, -0.25) is 14.2 Å². The van der Waals surface area contributed by atoms with Gasteiger partial charge in [0.1, 0.15) is 18.1 Å². The molecule has 144 valence electrons. The minimum absolute atomic E-state index is 0.0419. The van der Waals surface area contributed by atoms with Crippen LogP contribution in [0.1, 0.15) is 6.92 Å². The lowest BCUT2D eigenvalue weighted by molar-refractivity contribution is -0.116. The van der Waals surface area contributed by atoms with E-state index in [1.54, 1.807) is 30.3 Å². The molecule has 8 heteroatoms. The van der Waals surface area contributed by atoms with E-state index in [2.05, 4.69) is 26.2 Å². The van der Waals surface area contributed by atoms with Crippen molar-refractivity contribution in [2.24, 2.45) is 0 Å². The molecule has 1 aromatic heterocycles. The molecule has 1 amide bonds. The minimum Gasteiger partial charge on any atom is -0.494 e. The molecule has 0 aliphatic rings. The molecule has 0 fully saturated rings.